The van der Waals surface area contributed by atoms with Crippen LogP contribution in [0, 0.1) is 11.8 Å². The van der Waals surface area contributed by atoms with Gasteiger partial charge in [-0.1, -0.05) is 42.5 Å². The van der Waals surface area contributed by atoms with E-state index in [4.69, 9.17) is 10.5 Å². The number of benzene rings is 2. The highest BCUT2D eigenvalue weighted by Gasteiger charge is 2.40. The number of hydrogen-bond acceptors (Lipinski definition) is 4. The fraction of sp³-hybridized carbons (Fsp3) is 0.517. The van der Waals surface area contributed by atoms with E-state index in [1.165, 1.54) is 36.8 Å². The third kappa shape index (κ3) is 7.31. The summed E-state index contributed by atoms with van der Waals surface area (Å²) >= 11 is 0. The lowest BCUT2D eigenvalue weighted by atomic mass is 9.79. The lowest BCUT2D eigenvalue weighted by molar-refractivity contribution is -0.142. The molecule has 7 heteroatoms. The molecule has 0 aromatic heterocycles. The van der Waals surface area contributed by atoms with E-state index in [0.717, 1.165) is 25.1 Å². The predicted octanol–water partition coefficient (Wildman–Crippen LogP) is 3.80. The molecule has 1 heterocycles. The number of amides is 1. The molecule has 0 unspecified atom stereocenters. The zero-order valence-electron chi connectivity index (χ0n) is 21.0. The first-order chi connectivity index (χ1) is 17.0. The van der Waals surface area contributed by atoms with Crippen molar-refractivity contribution in [2.24, 2.45) is 17.6 Å². The Kier molecular flexibility index (Phi) is 10.3. The van der Waals surface area contributed by atoms with Crippen LogP contribution in [0.3, 0.4) is 0 Å². The minimum absolute atomic E-state index is 0. The normalized spacial score (nSPS) is 23.8. The van der Waals surface area contributed by atoms with Crippen molar-refractivity contribution in [1.29, 1.82) is 0 Å². The molecular weight excluding hydrogens is 456 g/mol. The summed E-state index contributed by atoms with van der Waals surface area (Å²) in [6.07, 6.45) is 6.91. The molecule has 36 heavy (non-hydrogen) atoms. The van der Waals surface area contributed by atoms with E-state index in [9.17, 15) is 14.7 Å². The summed E-state index contributed by atoms with van der Waals surface area (Å²) in [5.74, 6) is 0.606. The fourth-order valence-electron chi connectivity index (χ4n) is 5.66. The molecule has 7 nitrogen and oxygen atoms in total. The van der Waals surface area contributed by atoms with E-state index in [1.807, 2.05) is 35.2 Å². The Hall–Kier alpha value is -2.90. The number of hydrogen-bond donors (Lipinski definition) is 2. The van der Waals surface area contributed by atoms with Crippen LogP contribution >= 0.6 is 0 Å². The van der Waals surface area contributed by atoms with Gasteiger partial charge in [0.15, 0.2) is 0 Å². The summed E-state index contributed by atoms with van der Waals surface area (Å²) in [5, 5.41) is 9.25. The maximum atomic E-state index is 13.0. The number of carbonyl (C=O) groups excluding carboxylic acids is 1. The van der Waals surface area contributed by atoms with Gasteiger partial charge in [-0.15, -0.1) is 0 Å². The first-order valence-corrected chi connectivity index (χ1v) is 13.0. The Labute approximate surface area is 213 Å². The molecule has 2 aromatic carbocycles. The Morgan fingerprint density at radius 2 is 1.72 bits per heavy atom. The van der Waals surface area contributed by atoms with Crippen molar-refractivity contribution in [3.8, 4) is 5.75 Å². The number of aryl methyl sites for hydroxylation is 1. The van der Waals surface area contributed by atoms with E-state index >= 15 is 0 Å². The molecule has 1 saturated heterocycles. The van der Waals surface area contributed by atoms with E-state index in [-0.39, 0.29) is 23.8 Å². The van der Waals surface area contributed by atoms with Gasteiger partial charge in [-0.3, -0.25) is 9.59 Å². The molecule has 2 atom stereocenters. The number of carboxylic acids is 1. The minimum Gasteiger partial charge on any atom is -0.491 e. The standard InChI is InChI=1S/C29H38N2O4.H2O/c30-19-22-8-10-23(11-9-22)24-12-14-27(15-13-24)35-20-26-17-25(18-28(32)33)29(34)31(26)16-4-7-21-5-2-1-3-6-21;/h1-3,5-6,12-15,22-23,25-26H,4,7-11,16-20,30H2,(H,32,33);1H2/t22?,23?,25-,26-;/m0./s1. The molecule has 2 aromatic rings. The second kappa shape index (κ2) is 13.4. The lowest BCUT2D eigenvalue weighted by Gasteiger charge is -2.28. The average molecular weight is 497 g/mol. The van der Waals surface area contributed by atoms with E-state index in [0.29, 0.717) is 31.4 Å². The van der Waals surface area contributed by atoms with Gasteiger partial charge in [0, 0.05) is 6.54 Å². The molecule has 2 aliphatic rings. The number of carbonyl (C=O) groups is 2. The number of likely N-dealkylation sites (tertiary alicyclic amines) is 1. The lowest BCUT2D eigenvalue weighted by Crippen LogP contribution is -2.38. The van der Waals surface area contributed by atoms with Crippen LogP contribution in [0.25, 0.3) is 0 Å². The quantitative estimate of drug-likeness (QED) is 0.490. The minimum atomic E-state index is -0.926. The molecule has 1 saturated carbocycles. The van der Waals surface area contributed by atoms with Crippen molar-refractivity contribution in [3.05, 3.63) is 65.7 Å². The maximum absolute atomic E-state index is 13.0. The van der Waals surface area contributed by atoms with Crippen LogP contribution in [-0.4, -0.2) is 53.1 Å². The summed E-state index contributed by atoms with van der Waals surface area (Å²) in [5.41, 5.74) is 8.42. The van der Waals surface area contributed by atoms with Gasteiger partial charge in [-0.2, -0.15) is 0 Å². The van der Waals surface area contributed by atoms with Crippen molar-refractivity contribution in [1.82, 2.24) is 4.90 Å². The first-order valence-electron chi connectivity index (χ1n) is 13.0. The van der Waals surface area contributed by atoms with Gasteiger partial charge >= 0.3 is 5.97 Å². The molecule has 4 rings (SSSR count). The third-order valence-corrected chi connectivity index (χ3v) is 7.73. The van der Waals surface area contributed by atoms with Crippen molar-refractivity contribution in [2.75, 3.05) is 19.7 Å². The number of nitrogens with two attached hydrogens (primary N) is 1. The molecule has 1 aliphatic heterocycles. The molecule has 5 N–H and O–H groups in total. The van der Waals surface area contributed by atoms with Crippen LogP contribution in [-0.2, 0) is 16.0 Å². The Balaban J connectivity index is 0.00000361. The summed E-state index contributed by atoms with van der Waals surface area (Å²) in [6, 6.07) is 18.5. The molecule has 1 aliphatic carbocycles. The number of rotatable bonds is 11. The zero-order chi connectivity index (χ0) is 24.6. The topological polar surface area (TPSA) is 124 Å². The van der Waals surface area contributed by atoms with Gasteiger partial charge < -0.3 is 26.0 Å². The fourth-order valence-corrected chi connectivity index (χ4v) is 5.66. The van der Waals surface area contributed by atoms with E-state index in [2.05, 4.69) is 24.3 Å². The summed E-state index contributed by atoms with van der Waals surface area (Å²) in [4.78, 5) is 26.1. The number of carboxylic acid groups (broad SMARTS) is 1. The predicted molar refractivity (Wildman–Crippen MR) is 140 cm³/mol. The molecule has 0 spiro atoms. The van der Waals surface area contributed by atoms with Gasteiger partial charge in [0.1, 0.15) is 12.4 Å². The molecular formula is C29H40N2O5. The van der Waals surface area contributed by atoms with Gasteiger partial charge in [-0.25, -0.2) is 0 Å². The Bertz CT molecular complexity index is 957. The highest BCUT2D eigenvalue weighted by Crippen LogP contribution is 2.36. The van der Waals surface area contributed by atoms with Crippen LogP contribution in [0.15, 0.2) is 54.6 Å². The molecule has 196 valence electrons. The first kappa shape index (κ1) is 27.7. The SMILES string of the molecule is NCC1CCC(c2ccc(OC[C@@H]3C[C@@H](CC(=O)O)C(=O)N3CCCc3ccccc3)cc2)CC1.O. The Morgan fingerprint density at radius 1 is 1.03 bits per heavy atom. The van der Waals surface area contributed by atoms with Crippen molar-refractivity contribution in [3.63, 3.8) is 0 Å². The highest BCUT2D eigenvalue weighted by atomic mass is 16.5. The monoisotopic (exact) mass is 496 g/mol. The van der Waals surface area contributed by atoms with Gasteiger partial charge in [0.25, 0.3) is 0 Å². The zero-order valence-corrected chi connectivity index (χ0v) is 21.0. The maximum Gasteiger partial charge on any atom is 0.304 e. The summed E-state index contributed by atoms with van der Waals surface area (Å²) in [6.45, 7) is 1.79. The summed E-state index contributed by atoms with van der Waals surface area (Å²) < 4.78 is 6.11. The number of aliphatic carboxylic acids is 1. The molecule has 1 amide bonds. The second-order valence-electron chi connectivity index (χ2n) is 10.1. The van der Waals surface area contributed by atoms with Crippen LogP contribution in [0.4, 0.5) is 0 Å². The second-order valence-corrected chi connectivity index (χ2v) is 10.1. The van der Waals surface area contributed by atoms with Gasteiger partial charge in [0.05, 0.1) is 18.4 Å². The van der Waals surface area contributed by atoms with Crippen LogP contribution in [0.1, 0.15) is 62.0 Å². The van der Waals surface area contributed by atoms with Crippen LogP contribution < -0.4 is 10.5 Å². The number of nitrogens with zero attached hydrogens (tertiary/aromatic N) is 1. The Morgan fingerprint density at radius 3 is 2.36 bits per heavy atom. The van der Waals surface area contributed by atoms with E-state index < -0.39 is 11.9 Å². The molecule has 2 fully saturated rings. The van der Waals surface area contributed by atoms with Gasteiger partial charge in [-0.05, 0) is 86.6 Å². The van der Waals surface area contributed by atoms with Crippen molar-refractivity contribution >= 4 is 11.9 Å². The number of ether oxygens (including phenoxy) is 1. The molecule has 0 bridgehead atoms. The summed E-state index contributed by atoms with van der Waals surface area (Å²) in [7, 11) is 0. The average Bonchev–Trinajstić information content (AvgIpc) is 3.17. The largest absolute Gasteiger partial charge is 0.491 e. The van der Waals surface area contributed by atoms with Crippen LogP contribution in [0.2, 0.25) is 0 Å². The van der Waals surface area contributed by atoms with E-state index in [1.54, 1.807) is 0 Å². The smallest absolute Gasteiger partial charge is 0.304 e. The highest BCUT2D eigenvalue weighted by molar-refractivity contribution is 5.85. The van der Waals surface area contributed by atoms with Crippen molar-refractivity contribution in [2.45, 2.75) is 63.3 Å². The van der Waals surface area contributed by atoms with Crippen LogP contribution in [0.5, 0.6) is 5.75 Å². The third-order valence-electron chi connectivity index (χ3n) is 7.73. The molecule has 0 radical (unpaired) electrons. The van der Waals surface area contributed by atoms with Gasteiger partial charge in [0.2, 0.25) is 5.91 Å². The van der Waals surface area contributed by atoms with Crippen molar-refractivity contribution < 1.29 is 24.9 Å².